The topological polar surface area (TPSA) is 41.6 Å². The van der Waals surface area contributed by atoms with Crippen LogP contribution in [0.4, 0.5) is 24.5 Å². The van der Waals surface area contributed by atoms with E-state index in [2.05, 4.69) is 4.99 Å². The van der Waals surface area contributed by atoms with Crippen molar-refractivity contribution in [3.63, 3.8) is 0 Å². The minimum Gasteiger partial charge on any atom is -0.369 e. The second kappa shape index (κ2) is 9.57. The summed E-state index contributed by atoms with van der Waals surface area (Å²) in [5.41, 5.74) is 6.99. The first kappa shape index (κ1) is 23.5. The van der Waals surface area contributed by atoms with Gasteiger partial charge in [0, 0.05) is 17.6 Å². The van der Waals surface area contributed by atoms with E-state index >= 15 is 0 Å². The van der Waals surface area contributed by atoms with Crippen molar-refractivity contribution < 1.29 is 13.2 Å². The lowest BCUT2D eigenvalue weighted by molar-refractivity contribution is -0.137. The van der Waals surface area contributed by atoms with Gasteiger partial charge in [-0.3, -0.25) is 0 Å². The summed E-state index contributed by atoms with van der Waals surface area (Å²) < 4.78 is 39.6. The van der Waals surface area contributed by atoms with E-state index in [1.165, 1.54) is 17.8 Å². The quantitative estimate of drug-likeness (QED) is 0.354. The molecule has 0 aliphatic rings. The fraction of sp³-hybridized carbons (Fsp3) is 0.278. The Hall–Kier alpha value is -1.57. The summed E-state index contributed by atoms with van der Waals surface area (Å²) >= 11 is 7.13. The van der Waals surface area contributed by atoms with Crippen molar-refractivity contribution in [3.8, 4) is 0 Å². The number of nitrogens with zero attached hydrogens (tertiary/aromatic N) is 2. The van der Waals surface area contributed by atoms with Gasteiger partial charge in [-0.2, -0.15) is 13.2 Å². The van der Waals surface area contributed by atoms with Crippen molar-refractivity contribution in [2.75, 3.05) is 18.2 Å². The highest BCUT2D eigenvalue weighted by Crippen LogP contribution is 2.42. The van der Waals surface area contributed by atoms with Crippen molar-refractivity contribution in [2.24, 2.45) is 10.7 Å². The highest BCUT2D eigenvalue weighted by Gasteiger charge is 2.34. The molecule has 0 aromatic heterocycles. The Morgan fingerprint density at radius 2 is 1.93 bits per heavy atom. The highest BCUT2D eigenvalue weighted by molar-refractivity contribution is 7.98. The Labute approximate surface area is 172 Å². The molecule has 0 bridgehead atoms. The Balaban J connectivity index is 0.00000364. The molecular weight excluding hydrogens is 418 g/mol. The van der Waals surface area contributed by atoms with Crippen LogP contribution in [-0.2, 0) is 12.6 Å². The summed E-state index contributed by atoms with van der Waals surface area (Å²) in [7, 11) is 1.70. The van der Waals surface area contributed by atoms with Crippen molar-refractivity contribution >= 4 is 53.1 Å². The number of anilines is 1. The first-order valence-corrected chi connectivity index (χ1v) is 9.39. The van der Waals surface area contributed by atoms with Crippen LogP contribution in [0.15, 0.2) is 46.3 Å². The maximum absolute atomic E-state index is 13.2. The normalized spacial score (nSPS) is 11.9. The number of rotatable bonds is 4. The zero-order chi connectivity index (χ0) is 19.5. The molecule has 2 aromatic rings. The molecule has 0 radical (unpaired) electrons. The van der Waals surface area contributed by atoms with Crippen molar-refractivity contribution in [2.45, 2.75) is 24.4 Å². The molecule has 0 spiro atoms. The second-order valence-corrected chi connectivity index (χ2v) is 6.82. The number of aryl methyl sites for hydroxylation is 1. The van der Waals surface area contributed by atoms with Gasteiger partial charge in [0.05, 0.1) is 16.3 Å². The van der Waals surface area contributed by atoms with Crippen LogP contribution in [0.2, 0.25) is 5.02 Å². The molecule has 9 heteroatoms. The molecule has 0 aliphatic heterocycles. The predicted octanol–water partition coefficient (Wildman–Crippen LogP) is 6.15. The summed E-state index contributed by atoms with van der Waals surface area (Å²) in [5.74, 6) is 0.0477. The standard InChI is InChI=1S/C18H19ClF3N3S.ClH/c1-4-11-6-5-7-12(8-11)25(2)17(23)24-15-10-13(26-3)9-14(16(15)19)18(20,21)22;/h5-10H,4H2,1-3H3,(H2,23,24);1H. The Kier molecular flexibility index (Phi) is 8.32. The number of alkyl halides is 3. The second-order valence-electron chi connectivity index (χ2n) is 5.56. The molecule has 0 atom stereocenters. The molecule has 0 heterocycles. The summed E-state index contributed by atoms with van der Waals surface area (Å²) in [6, 6.07) is 10.2. The van der Waals surface area contributed by atoms with Crippen LogP contribution in [-0.4, -0.2) is 19.3 Å². The fourth-order valence-corrected chi connectivity index (χ4v) is 3.03. The number of thioether (sulfide) groups is 1. The van der Waals surface area contributed by atoms with Crippen LogP contribution in [0.25, 0.3) is 0 Å². The minimum absolute atomic E-state index is 0. The number of hydrogen-bond acceptors (Lipinski definition) is 2. The van der Waals surface area contributed by atoms with Gasteiger partial charge in [0.15, 0.2) is 0 Å². The maximum atomic E-state index is 13.2. The third kappa shape index (κ3) is 5.70. The van der Waals surface area contributed by atoms with Gasteiger partial charge in [0.25, 0.3) is 0 Å². The molecule has 2 N–H and O–H groups in total. The first-order valence-electron chi connectivity index (χ1n) is 7.79. The highest BCUT2D eigenvalue weighted by atomic mass is 35.5. The van der Waals surface area contributed by atoms with Gasteiger partial charge >= 0.3 is 6.18 Å². The molecule has 3 nitrogen and oxygen atoms in total. The third-order valence-electron chi connectivity index (χ3n) is 3.85. The summed E-state index contributed by atoms with van der Waals surface area (Å²) in [4.78, 5) is 6.16. The molecule has 0 saturated heterocycles. The first-order chi connectivity index (χ1) is 12.2. The fourth-order valence-electron chi connectivity index (χ4n) is 2.30. The van der Waals surface area contributed by atoms with E-state index < -0.39 is 16.8 Å². The lowest BCUT2D eigenvalue weighted by Crippen LogP contribution is -2.33. The molecule has 0 amide bonds. The van der Waals surface area contributed by atoms with Gasteiger partial charge in [-0.15, -0.1) is 24.2 Å². The molecule has 0 fully saturated rings. The Morgan fingerprint density at radius 1 is 1.26 bits per heavy atom. The van der Waals surface area contributed by atoms with E-state index in [9.17, 15) is 13.2 Å². The van der Waals surface area contributed by atoms with E-state index in [1.54, 1.807) is 18.2 Å². The van der Waals surface area contributed by atoms with Crippen LogP contribution < -0.4 is 10.6 Å². The molecule has 0 saturated carbocycles. The number of nitrogens with two attached hydrogens (primary N) is 1. The van der Waals surface area contributed by atoms with Crippen LogP contribution >= 0.6 is 35.8 Å². The molecule has 0 unspecified atom stereocenters. The molecule has 2 rings (SSSR count). The van der Waals surface area contributed by atoms with Gasteiger partial charge in [0.2, 0.25) is 5.96 Å². The number of guanidine groups is 1. The van der Waals surface area contributed by atoms with E-state index in [1.807, 2.05) is 31.2 Å². The number of benzene rings is 2. The van der Waals surface area contributed by atoms with Crippen LogP contribution in [0.5, 0.6) is 0 Å². The molecule has 2 aromatic carbocycles. The van der Waals surface area contributed by atoms with Crippen molar-refractivity contribution in [3.05, 3.63) is 52.5 Å². The largest absolute Gasteiger partial charge is 0.417 e. The molecule has 0 aliphatic carbocycles. The number of aliphatic imine (C=N–C) groups is 1. The monoisotopic (exact) mass is 437 g/mol. The smallest absolute Gasteiger partial charge is 0.369 e. The van der Waals surface area contributed by atoms with E-state index in [4.69, 9.17) is 17.3 Å². The summed E-state index contributed by atoms with van der Waals surface area (Å²) in [6.07, 6.45) is -2.03. The van der Waals surface area contributed by atoms with E-state index in [-0.39, 0.29) is 24.1 Å². The van der Waals surface area contributed by atoms with Gasteiger partial charge in [-0.05, 0) is 42.5 Å². The Morgan fingerprint density at radius 3 is 2.48 bits per heavy atom. The van der Waals surface area contributed by atoms with Crippen LogP contribution in [0.1, 0.15) is 18.1 Å². The van der Waals surface area contributed by atoms with Gasteiger partial charge in [0.1, 0.15) is 0 Å². The predicted molar refractivity (Wildman–Crippen MR) is 111 cm³/mol. The molecular formula is C18H20Cl2F3N3S. The van der Waals surface area contributed by atoms with Crippen molar-refractivity contribution in [1.29, 1.82) is 0 Å². The van der Waals surface area contributed by atoms with Gasteiger partial charge in [-0.25, -0.2) is 4.99 Å². The van der Waals surface area contributed by atoms with E-state index in [0.717, 1.165) is 23.7 Å². The van der Waals surface area contributed by atoms with Gasteiger partial charge < -0.3 is 10.6 Å². The third-order valence-corrected chi connectivity index (χ3v) is 4.96. The van der Waals surface area contributed by atoms with E-state index in [0.29, 0.717) is 4.90 Å². The summed E-state index contributed by atoms with van der Waals surface area (Å²) in [5, 5.41) is -0.464. The number of hydrogen-bond donors (Lipinski definition) is 1. The minimum atomic E-state index is -4.57. The van der Waals surface area contributed by atoms with Crippen LogP contribution in [0, 0.1) is 0 Å². The maximum Gasteiger partial charge on any atom is 0.417 e. The number of halogens is 5. The average Bonchev–Trinajstić information content (AvgIpc) is 2.61. The zero-order valence-corrected chi connectivity index (χ0v) is 17.4. The zero-order valence-electron chi connectivity index (χ0n) is 15.0. The molecule has 148 valence electrons. The lowest BCUT2D eigenvalue weighted by Gasteiger charge is -2.19. The SMILES string of the molecule is CCc1cccc(N(C)C(N)=Nc2cc(SC)cc(C(F)(F)F)c2Cl)c1.Cl. The summed E-state index contributed by atoms with van der Waals surface area (Å²) in [6.45, 7) is 2.03. The lowest BCUT2D eigenvalue weighted by atomic mass is 10.1. The van der Waals surface area contributed by atoms with Crippen molar-refractivity contribution in [1.82, 2.24) is 0 Å². The molecule has 27 heavy (non-hydrogen) atoms. The Bertz CT molecular complexity index is 826. The van der Waals surface area contributed by atoms with Crippen LogP contribution in [0.3, 0.4) is 0 Å². The average molecular weight is 438 g/mol. The van der Waals surface area contributed by atoms with Gasteiger partial charge in [-0.1, -0.05) is 30.7 Å².